The van der Waals surface area contributed by atoms with Gasteiger partial charge in [-0.25, -0.2) is 0 Å². The first kappa shape index (κ1) is 20.7. The van der Waals surface area contributed by atoms with Crippen molar-refractivity contribution in [3.63, 3.8) is 0 Å². The average Bonchev–Trinajstić information content (AvgIpc) is 2.03. The molecule has 0 saturated carbocycles. The summed E-state index contributed by atoms with van der Waals surface area (Å²) in [6.07, 6.45) is 0.818. The third kappa shape index (κ3) is 25.0. The van der Waals surface area contributed by atoms with Gasteiger partial charge < -0.3 is 11.1 Å². The quantitative estimate of drug-likeness (QED) is 0.476. The van der Waals surface area contributed by atoms with E-state index in [9.17, 15) is 4.79 Å². The van der Waals surface area contributed by atoms with Gasteiger partial charge in [-0.2, -0.15) is 0 Å². The van der Waals surface area contributed by atoms with Gasteiger partial charge in [0.25, 0.3) is 0 Å². The van der Waals surface area contributed by atoms with Crippen LogP contribution in [0.3, 0.4) is 0 Å². The fourth-order valence-electron chi connectivity index (χ4n) is 0.455. The fourth-order valence-corrected chi connectivity index (χ4v) is 0.455. The van der Waals surface area contributed by atoms with Crippen LogP contribution in [0.15, 0.2) is 12.2 Å². The van der Waals surface area contributed by atoms with Crippen molar-refractivity contribution in [3.05, 3.63) is 12.2 Å². The Hall–Kier alpha value is 0.330. The molecule has 0 atom stereocenters. The Kier molecular flexibility index (Phi) is 19.8. The molecule has 0 aromatic carbocycles. The van der Waals surface area contributed by atoms with E-state index in [1.54, 1.807) is 6.92 Å². The largest absolute Gasteiger partial charge is 0.352 e. The number of halogens is 4. The Morgan fingerprint density at radius 1 is 1.47 bits per heavy atom. The molecule has 0 aliphatic carbocycles. The zero-order valence-corrected chi connectivity index (χ0v) is 11.5. The van der Waals surface area contributed by atoms with Crippen LogP contribution in [0, 0.1) is 0 Å². The van der Waals surface area contributed by atoms with Crippen LogP contribution in [0.25, 0.3) is 0 Å². The second kappa shape index (κ2) is 14.3. The summed E-state index contributed by atoms with van der Waals surface area (Å²) in [5.41, 5.74) is 5.76. The number of nitrogens with one attached hydrogen (secondary N) is 1. The van der Waals surface area contributed by atoms with Gasteiger partial charge in [0.2, 0.25) is 5.91 Å². The Labute approximate surface area is 112 Å². The molecule has 0 aromatic rings. The summed E-state index contributed by atoms with van der Waals surface area (Å²) in [4.78, 5) is 10.8. The van der Waals surface area contributed by atoms with Gasteiger partial charge in [0.1, 0.15) is 0 Å². The number of nitrogens with two attached hydrogens (primary N) is 1. The molecular weight excluding hydrogens is 282 g/mol. The smallest absolute Gasteiger partial charge is 0.246 e. The van der Waals surface area contributed by atoms with E-state index >= 15 is 0 Å². The van der Waals surface area contributed by atoms with Crippen LogP contribution in [0.4, 0.5) is 0 Å². The van der Waals surface area contributed by atoms with Gasteiger partial charge in [0.05, 0.1) is 0 Å². The fraction of sp³-hybridized carbons (Fsp3) is 0.625. The number of rotatable bonds is 4. The molecule has 0 aromatic heterocycles. The maximum absolute atomic E-state index is 10.8. The van der Waals surface area contributed by atoms with Crippen molar-refractivity contribution < 1.29 is 4.79 Å². The van der Waals surface area contributed by atoms with E-state index in [4.69, 9.17) is 40.5 Å². The lowest BCUT2D eigenvalue weighted by atomic mass is 10.3. The molecule has 0 aliphatic rings. The summed E-state index contributed by atoms with van der Waals surface area (Å²) in [6.45, 7) is 6.42. The third-order valence-corrected chi connectivity index (χ3v) is 1.05. The molecule has 92 valence electrons. The van der Waals surface area contributed by atoms with Gasteiger partial charge >= 0.3 is 0 Å². The summed E-state index contributed by atoms with van der Waals surface area (Å²) in [6, 6.07) is 0. The Morgan fingerprint density at radius 3 is 2.13 bits per heavy atom. The van der Waals surface area contributed by atoms with Crippen molar-refractivity contribution in [2.24, 2.45) is 5.73 Å². The molecule has 0 spiro atoms. The molecular formula is C8H16Cl4N2O. The van der Waals surface area contributed by atoms with Gasteiger partial charge in [-0.05, 0) is 19.9 Å². The van der Waals surface area contributed by atoms with Crippen LogP contribution >= 0.6 is 47.2 Å². The second-order valence-corrected chi connectivity index (χ2v) is 4.41. The number of alkyl halides is 3. The van der Waals surface area contributed by atoms with Gasteiger partial charge in [-0.3, -0.25) is 4.79 Å². The van der Waals surface area contributed by atoms with Crippen LogP contribution in [-0.4, -0.2) is 23.3 Å². The van der Waals surface area contributed by atoms with Crippen LogP contribution in [0.1, 0.15) is 13.3 Å². The predicted molar refractivity (Wildman–Crippen MR) is 70.1 cm³/mol. The standard InChI is InChI=1S/C7H14N2O.CHCl3.ClH/c1-6(2)7(10)9-5-3-4-8;2-1(3)4;/h1,3-5,8H2,2H3,(H,9,10);1H;1H. The van der Waals surface area contributed by atoms with Crippen molar-refractivity contribution in [2.75, 3.05) is 13.1 Å². The maximum atomic E-state index is 10.8. The first-order valence-corrected chi connectivity index (χ1v) is 5.28. The van der Waals surface area contributed by atoms with Crippen LogP contribution < -0.4 is 11.1 Å². The topological polar surface area (TPSA) is 55.1 Å². The molecule has 0 unspecified atom stereocenters. The third-order valence-electron chi connectivity index (χ3n) is 1.05. The number of carbonyl (C=O) groups excluding carboxylic acids is 1. The second-order valence-electron chi connectivity index (χ2n) is 2.43. The van der Waals surface area contributed by atoms with Gasteiger partial charge in [-0.1, -0.05) is 41.4 Å². The molecule has 15 heavy (non-hydrogen) atoms. The molecule has 7 heteroatoms. The van der Waals surface area contributed by atoms with E-state index in [0.717, 1.165) is 6.42 Å². The van der Waals surface area contributed by atoms with Crippen LogP contribution in [0.2, 0.25) is 0 Å². The summed E-state index contributed by atoms with van der Waals surface area (Å²) < 4.78 is -0.750. The van der Waals surface area contributed by atoms with Crippen molar-refractivity contribution in [1.29, 1.82) is 0 Å². The Bertz CT molecular complexity index is 173. The molecule has 1 amide bonds. The number of hydrogen-bond donors (Lipinski definition) is 2. The number of carbonyl (C=O) groups is 1. The molecule has 0 rings (SSSR count). The molecule has 3 nitrogen and oxygen atoms in total. The summed E-state index contributed by atoms with van der Waals surface area (Å²) in [7, 11) is 0. The maximum Gasteiger partial charge on any atom is 0.246 e. The lowest BCUT2D eigenvalue weighted by Gasteiger charge is -2.01. The lowest BCUT2D eigenvalue weighted by Crippen LogP contribution is -2.26. The lowest BCUT2D eigenvalue weighted by molar-refractivity contribution is -0.117. The molecule has 0 bridgehead atoms. The predicted octanol–water partition coefficient (Wildman–Crippen LogP) is 2.44. The van der Waals surface area contributed by atoms with Gasteiger partial charge in [0, 0.05) is 12.1 Å². The minimum Gasteiger partial charge on any atom is -0.352 e. The molecule has 0 radical (unpaired) electrons. The first-order chi connectivity index (χ1) is 6.41. The summed E-state index contributed by atoms with van der Waals surface area (Å²) in [5.74, 6) is -0.0894. The monoisotopic (exact) mass is 296 g/mol. The highest BCUT2D eigenvalue weighted by Crippen LogP contribution is 2.03. The van der Waals surface area contributed by atoms with Crippen molar-refractivity contribution in [1.82, 2.24) is 5.32 Å². The van der Waals surface area contributed by atoms with Gasteiger partial charge in [0.15, 0.2) is 4.30 Å². The average molecular weight is 298 g/mol. The highest BCUT2D eigenvalue weighted by molar-refractivity contribution is 6.63. The van der Waals surface area contributed by atoms with E-state index < -0.39 is 4.30 Å². The van der Waals surface area contributed by atoms with E-state index in [1.165, 1.54) is 0 Å². The summed E-state index contributed by atoms with van der Waals surface area (Å²) >= 11 is 14.4. The highest BCUT2D eigenvalue weighted by atomic mass is 35.6. The zero-order valence-electron chi connectivity index (χ0n) is 8.43. The molecule has 0 aliphatic heterocycles. The molecule has 0 heterocycles. The Balaban J connectivity index is -0.000000249. The van der Waals surface area contributed by atoms with Gasteiger partial charge in [-0.15, -0.1) is 12.4 Å². The minimum atomic E-state index is -0.750. The first-order valence-electron chi connectivity index (χ1n) is 3.97. The Morgan fingerprint density at radius 2 is 1.87 bits per heavy atom. The number of amides is 1. The SMILES string of the molecule is C=C(C)C(=O)NCCCN.Cl.ClC(Cl)Cl. The van der Waals surface area contributed by atoms with E-state index in [0.29, 0.717) is 18.7 Å². The normalized spacial score (nSPS) is 8.40. The van der Waals surface area contributed by atoms with E-state index in [2.05, 4.69) is 11.9 Å². The van der Waals surface area contributed by atoms with Crippen molar-refractivity contribution >= 4 is 53.1 Å². The summed E-state index contributed by atoms with van der Waals surface area (Å²) in [5, 5.41) is 2.66. The zero-order chi connectivity index (χ0) is 11.6. The van der Waals surface area contributed by atoms with E-state index in [-0.39, 0.29) is 18.3 Å². The van der Waals surface area contributed by atoms with Crippen molar-refractivity contribution in [3.8, 4) is 0 Å². The number of hydrogen-bond acceptors (Lipinski definition) is 2. The molecule has 0 fully saturated rings. The van der Waals surface area contributed by atoms with E-state index in [1.807, 2.05) is 0 Å². The molecule has 0 saturated heterocycles. The highest BCUT2D eigenvalue weighted by Gasteiger charge is 1.97. The minimum absolute atomic E-state index is 0. The van der Waals surface area contributed by atoms with Crippen molar-refractivity contribution in [2.45, 2.75) is 17.6 Å². The van der Waals surface area contributed by atoms with Crippen LogP contribution in [0.5, 0.6) is 0 Å². The molecule has 3 N–H and O–H groups in total. The van der Waals surface area contributed by atoms with Crippen LogP contribution in [-0.2, 0) is 4.79 Å².